The summed E-state index contributed by atoms with van der Waals surface area (Å²) in [7, 11) is 0. The summed E-state index contributed by atoms with van der Waals surface area (Å²) in [6.45, 7) is 1.52. The largest absolute Gasteiger partial charge is 0.457 e. The third kappa shape index (κ3) is 4.41. The summed E-state index contributed by atoms with van der Waals surface area (Å²) in [5.41, 5.74) is 0.657. The van der Waals surface area contributed by atoms with Crippen LogP contribution in [0, 0.1) is 0 Å². The number of furan rings is 1. The minimum Gasteiger partial charge on any atom is -0.457 e. The van der Waals surface area contributed by atoms with Gasteiger partial charge in [-0.2, -0.15) is 0 Å². The van der Waals surface area contributed by atoms with Crippen LogP contribution in [0.3, 0.4) is 0 Å². The highest BCUT2D eigenvalue weighted by Crippen LogP contribution is 2.35. The molecule has 2 fully saturated rings. The SMILES string of the molecule is O=C(CN1C(=O)S/C(=C\c2ccc(-c3ccc(Cl)cc3Cl)o2)C1=O)N1CCOCC1. The highest BCUT2D eigenvalue weighted by Gasteiger charge is 2.37. The second-order valence-electron chi connectivity index (χ2n) is 6.59. The Morgan fingerprint density at radius 3 is 2.63 bits per heavy atom. The fraction of sp³-hybridized carbons (Fsp3) is 0.250. The van der Waals surface area contributed by atoms with E-state index < -0.39 is 11.1 Å². The predicted octanol–water partition coefficient (Wildman–Crippen LogP) is 4.15. The lowest BCUT2D eigenvalue weighted by Crippen LogP contribution is -2.46. The molecule has 0 unspecified atom stereocenters. The Balaban J connectivity index is 1.48. The molecule has 4 rings (SSSR count). The summed E-state index contributed by atoms with van der Waals surface area (Å²) in [5, 5.41) is 0.460. The van der Waals surface area contributed by atoms with Gasteiger partial charge in [-0.3, -0.25) is 19.3 Å². The molecule has 30 heavy (non-hydrogen) atoms. The molecule has 3 amide bonds. The van der Waals surface area contributed by atoms with E-state index in [4.69, 9.17) is 32.4 Å². The van der Waals surface area contributed by atoms with Crippen molar-refractivity contribution in [3.63, 3.8) is 0 Å². The number of imide groups is 1. The van der Waals surface area contributed by atoms with Crippen LogP contribution in [0.4, 0.5) is 4.79 Å². The number of carbonyl (C=O) groups excluding carboxylic acids is 3. The Hall–Kier alpha value is -2.26. The number of carbonyl (C=O) groups is 3. The number of hydrogen-bond acceptors (Lipinski definition) is 6. The molecule has 1 aromatic carbocycles. The molecule has 2 aromatic rings. The van der Waals surface area contributed by atoms with Gasteiger partial charge in [-0.15, -0.1) is 0 Å². The molecule has 0 atom stereocenters. The van der Waals surface area contributed by atoms with E-state index in [1.165, 1.54) is 6.08 Å². The fourth-order valence-electron chi connectivity index (χ4n) is 3.08. The summed E-state index contributed by atoms with van der Waals surface area (Å²) >= 11 is 12.9. The lowest BCUT2D eigenvalue weighted by atomic mass is 10.2. The lowest BCUT2D eigenvalue weighted by molar-refractivity contribution is -0.139. The summed E-state index contributed by atoms with van der Waals surface area (Å²) in [6.07, 6.45) is 1.48. The van der Waals surface area contributed by atoms with Crippen LogP contribution >= 0.6 is 35.0 Å². The van der Waals surface area contributed by atoms with E-state index in [0.717, 1.165) is 16.7 Å². The molecular formula is C20H16Cl2N2O5S. The second kappa shape index (κ2) is 8.85. The maximum absolute atomic E-state index is 12.7. The van der Waals surface area contributed by atoms with E-state index in [1.54, 1.807) is 35.2 Å². The van der Waals surface area contributed by atoms with Crippen molar-refractivity contribution >= 4 is 58.1 Å². The Morgan fingerprint density at radius 1 is 1.13 bits per heavy atom. The number of nitrogens with zero attached hydrogens (tertiary/aromatic N) is 2. The van der Waals surface area contributed by atoms with Gasteiger partial charge >= 0.3 is 0 Å². The molecule has 3 heterocycles. The van der Waals surface area contributed by atoms with Crippen molar-refractivity contribution in [2.24, 2.45) is 0 Å². The number of benzene rings is 1. The Kier molecular flexibility index (Phi) is 6.19. The molecule has 0 N–H and O–H groups in total. The summed E-state index contributed by atoms with van der Waals surface area (Å²) in [6, 6.07) is 8.43. The van der Waals surface area contributed by atoms with E-state index in [-0.39, 0.29) is 17.4 Å². The number of morpholine rings is 1. The first-order chi connectivity index (χ1) is 14.4. The highest BCUT2D eigenvalue weighted by atomic mass is 35.5. The van der Waals surface area contributed by atoms with Crippen LogP contribution in [0.1, 0.15) is 5.76 Å². The average Bonchev–Trinajstić information content (AvgIpc) is 3.29. The zero-order valence-corrected chi connectivity index (χ0v) is 17.9. The van der Waals surface area contributed by atoms with Gasteiger partial charge in [-0.05, 0) is 42.1 Å². The zero-order valence-electron chi connectivity index (χ0n) is 15.6. The van der Waals surface area contributed by atoms with Crippen molar-refractivity contribution in [3.8, 4) is 11.3 Å². The van der Waals surface area contributed by atoms with E-state index in [2.05, 4.69) is 0 Å². The second-order valence-corrected chi connectivity index (χ2v) is 8.42. The van der Waals surface area contributed by atoms with Crippen molar-refractivity contribution in [3.05, 3.63) is 51.0 Å². The topological polar surface area (TPSA) is 80.1 Å². The van der Waals surface area contributed by atoms with Gasteiger partial charge in [0.15, 0.2) is 0 Å². The van der Waals surface area contributed by atoms with Crippen LogP contribution in [0.2, 0.25) is 10.0 Å². The highest BCUT2D eigenvalue weighted by molar-refractivity contribution is 8.18. The third-order valence-corrected chi connectivity index (χ3v) is 6.08. The van der Waals surface area contributed by atoms with Crippen LogP contribution in [0.25, 0.3) is 17.4 Å². The summed E-state index contributed by atoms with van der Waals surface area (Å²) < 4.78 is 11.0. The standard InChI is InChI=1S/C20H16Cl2N2O5S/c21-12-1-3-14(15(22)9-12)16-4-2-13(29-16)10-17-19(26)24(20(27)30-17)11-18(25)23-5-7-28-8-6-23/h1-4,9-10H,5-8,11H2/b17-10-. The van der Waals surface area contributed by atoms with Gasteiger partial charge in [-0.1, -0.05) is 23.2 Å². The maximum Gasteiger partial charge on any atom is 0.294 e. The first-order valence-electron chi connectivity index (χ1n) is 9.08. The zero-order chi connectivity index (χ0) is 21.3. The van der Waals surface area contributed by atoms with Crippen LogP contribution in [-0.2, 0) is 14.3 Å². The van der Waals surface area contributed by atoms with Crippen LogP contribution in [0.5, 0.6) is 0 Å². The summed E-state index contributed by atoms with van der Waals surface area (Å²) in [4.78, 5) is 40.0. The number of ether oxygens (including phenoxy) is 1. The molecule has 2 saturated heterocycles. The minimum atomic E-state index is -0.519. The molecule has 0 spiro atoms. The first kappa shape index (κ1) is 21.0. The van der Waals surface area contributed by atoms with Gasteiger partial charge in [0, 0.05) is 29.8 Å². The van der Waals surface area contributed by atoms with Crippen LogP contribution in [0.15, 0.2) is 39.7 Å². The molecule has 2 aliphatic heterocycles. The molecule has 156 valence electrons. The van der Waals surface area contributed by atoms with Crippen molar-refractivity contribution in [2.45, 2.75) is 0 Å². The van der Waals surface area contributed by atoms with E-state index in [9.17, 15) is 14.4 Å². The summed E-state index contributed by atoms with van der Waals surface area (Å²) in [5.74, 6) is 0.0965. The molecule has 0 aliphatic carbocycles. The predicted molar refractivity (Wildman–Crippen MR) is 114 cm³/mol. The van der Waals surface area contributed by atoms with Gasteiger partial charge in [0.25, 0.3) is 11.1 Å². The van der Waals surface area contributed by atoms with Crippen molar-refractivity contribution in [1.82, 2.24) is 9.80 Å². The Morgan fingerprint density at radius 2 is 1.90 bits per heavy atom. The van der Waals surface area contributed by atoms with Crippen LogP contribution < -0.4 is 0 Å². The Labute approximate surface area is 186 Å². The van der Waals surface area contributed by atoms with Gasteiger partial charge < -0.3 is 14.1 Å². The number of hydrogen-bond donors (Lipinski definition) is 0. The Bertz CT molecular complexity index is 1050. The molecule has 0 bridgehead atoms. The van der Waals surface area contributed by atoms with E-state index in [1.807, 2.05) is 0 Å². The first-order valence-corrected chi connectivity index (χ1v) is 10.7. The number of amides is 3. The van der Waals surface area contributed by atoms with E-state index in [0.29, 0.717) is 53.4 Å². The lowest BCUT2D eigenvalue weighted by Gasteiger charge is -2.27. The van der Waals surface area contributed by atoms with Crippen LogP contribution in [-0.4, -0.2) is 59.7 Å². The van der Waals surface area contributed by atoms with Crippen molar-refractivity contribution < 1.29 is 23.5 Å². The normalized spacial score (nSPS) is 18.5. The fourth-order valence-corrected chi connectivity index (χ4v) is 4.40. The molecule has 7 nitrogen and oxygen atoms in total. The quantitative estimate of drug-likeness (QED) is 0.629. The number of thioether (sulfide) groups is 1. The molecular weight excluding hydrogens is 451 g/mol. The molecule has 0 saturated carbocycles. The number of halogens is 2. The monoisotopic (exact) mass is 466 g/mol. The smallest absolute Gasteiger partial charge is 0.294 e. The molecule has 2 aliphatic rings. The van der Waals surface area contributed by atoms with Crippen molar-refractivity contribution in [1.29, 1.82) is 0 Å². The van der Waals surface area contributed by atoms with Gasteiger partial charge in [0.2, 0.25) is 5.91 Å². The van der Waals surface area contributed by atoms with Gasteiger partial charge in [0.1, 0.15) is 18.1 Å². The third-order valence-electron chi connectivity index (χ3n) is 4.63. The van der Waals surface area contributed by atoms with Gasteiger partial charge in [0.05, 0.1) is 23.1 Å². The van der Waals surface area contributed by atoms with Gasteiger partial charge in [-0.25, -0.2) is 0 Å². The maximum atomic E-state index is 12.7. The average molecular weight is 467 g/mol. The number of rotatable bonds is 4. The van der Waals surface area contributed by atoms with E-state index >= 15 is 0 Å². The molecule has 0 radical (unpaired) electrons. The molecule has 10 heteroatoms. The molecule has 1 aromatic heterocycles. The minimum absolute atomic E-state index is 0.192. The van der Waals surface area contributed by atoms with Crippen molar-refractivity contribution in [2.75, 3.05) is 32.8 Å².